The summed E-state index contributed by atoms with van der Waals surface area (Å²) in [5.74, 6) is 1.36. The third-order valence-electron chi connectivity index (χ3n) is 3.13. The van der Waals surface area contributed by atoms with Crippen LogP contribution in [0, 0.1) is 0 Å². The first kappa shape index (κ1) is 13.3. The van der Waals surface area contributed by atoms with Crippen molar-refractivity contribution in [2.75, 3.05) is 11.9 Å². The van der Waals surface area contributed by atoms with Crippen LogP contribution in [0.2, 0.25) is 5.15 Å². The number of hydrogen-bond acceptors (Lipinski definition) is 5. The van der Waals surface area contributed by atoms with E-state index in [1.54, 1.807) is 12.3 Å². The van der Waals surface area contributed by atoms with Gasteiger partial charge in [-0.2, -0.15) is 0 Å². The molecule has 1 fully saturated rings. The summed E-state index contributed by atoms with van der Waals surface area (Å²) >= 11 is 6.05. The van der Waals surface area contributed by atoms with Gasteiger partial charge in [0, 0.05) is 31.6 Å². The molecule has 1 saturated heterocycles. The molecule has 5 nitrogen and oxygen atoms in total. The van der Waals surface area contributed by atoms with E-state index in [9.17, 15) is 0 Å². The van der Waals surface area contributed by atoms with Crippen molar-refractivity contribution >= 4 is 17.4 Å². The lowest BCUT2D eigenvalue weighted by atomic mass is 10.2. The molecule has 0 saturated carbocycles. The van der Waals surface area contributed by atoms with Crippen LogP contribution in [0.5, 0.6) is 0 Å². The number of aromatic nitrogens is 3. The van der Waals surface area contributed by atoms with Crippen LogP contribution in [-0.2, 0) is 11.3 Å². The molecule has 0 spiro atoms. The fourth-order valence-electron chi connectivity index (χ4n) is 2.15. The molecule has 0 aromatic carbocycles. The minimum Gasteiger partial charge on any atom is -0.370 e. The van der Waals surface area contributed by atoms with Gasteiger partial charge in [0.15, 0.2) is 5.82 Å². The van der Waals surface area contributed by atoms with Gasteiger partial charge in [-0.25, -0.2) is 9.97 Å². The fraction of sp³-hybridized carbons (Fsp3) is 0.357. The van der Waals surface area contributed by atoms with Crippen molar-refractivity contribution in [3.63, 3.8) is 0 Å². The van der Waals surface area contributed by atoms with Crippen LogP contribution in [0.1, 0.15) is 30.3 Å². The van der Waals surface area contributed by atoms with Crippen molar-refractivity contribution in [3.8, 4) is 0 Å². The highest BCUT2D eigenvalue weighted by Crippen LogP contribution is 2.27. The molecule has 3 rings (SSSR count). The molecule has 1 aliphatic heterocycles. The van der Waals surface area contributed by atoms with E-state index in [-0.39, 0.29) is 6.10 Å². The van der Waals surface area contributed by atoms with Crippen LogP contribution in [0.4, 0.5) is 5.82 Å². The zero-order valence-corrected chi connectivity index (χ0v) is 11.7. The van der Waals surface area contributed by atoms with Gasteiger partial charge in [-0.3, -0.25) is 4.98 Å². The van der Waals surface area contributed by atoms with Crippen LogP contribution >= 0.6 is 11.6 Å². The Hall–Kier alpha value is -1.72. The second-order valence-corrected chi connectivity index (χ2v) is 5.04. The van der Waals surface area contributed by atoms with Crippen LogP contribution in [0.25, 0.3) is 0 Å². The molecule has 2 aromatic heterocycles. The standard InChI is InChI=1S/C14H15ClN4O/c15-12-7-13(17-9-10-3-1-5-16-8-10)19-14(18-12)11-4-2-6-20-11/h1,3,5,7-8,11H,2,4,6,9H2,(H,17,18,19). The van der Waals surface area contributed by atoms with Crippen molar-refractivity contribution in [3.05, 3.63) is 47.1 Å². The van der Waals surface area contributed by atoms with E-state index in [2.05, 4.69) is 20.3 Å². The highest BCUT2D eigenvalue weighted by Gasteiger charge is 2.21. The number of nitrogens with zero attached hydrogens (tertiary/aromatic N) is 3. The van der Waals surface area contributed by atoms with Crippen molar-refractivity contribution < 1.29 is 4.74 Å². The zero-order chi connectivity index (χ0) is 13.8. The summed E-state index contributed by atoms with van der Waals surface area (Å²) in [5, 5.41) is 3.66. The molecule has 3 heterocycles. The molecule has 20 heavy (non-hydrogen) atoms. The maximum absolute atomic E-state index is 6.05. The van der Waals surface area contributed by atoms with Crippen molar-refractivity contribution in [1.82, 2.24) is 15.0 Å². The maximum Gasteiger partial charge on any atom is 0.161 e. The van der Waals surface area contributed by atoms with Gasteiger partial charge in [-0.15, -0.1) is 0 Å². The third-order valence-corrected chi connectivity index (χ3v) is 3.32. The number of ether oxygens (including phenoxy) is 1. The summed E-state index contributed by atoms with van der Waals surface area (Å²) in [6, 6.07) is 5.63. The molecule has 104 valence electrons. The van der Waals surface area contributed by atoms with Crippen molar-refractivity contribution in [1.29, 1.82) is 0 Å². The lowest BCUT2D eigenvalue weighted by Gasteiger charge is -2.11. The number of rotatable bonds is 4. The molecule has 0 radical (unpaired) electrons. The van der Waals surface area contributed by atoms with Crippen LogP contribution in [-0.4, -0.2) is 21.6 Å². The highest BCUT2D eigenvalue weighted by molar-refractivity contribution is 6.29. The predicted molar refractivity (Wildman–Crippen MR) is 76.5 cm³/mol. The normalized spacial score (nSPS) is 18.1. The molecule has 6 heteroatoms. The summed E-state index contributed by atoms with van der Waals surface area (Å²) in [7, 11) is 0. The maximum atomic E-state index is 6.05. The summed E-state index contributed by atoms with van der Waals surface area (Å²) in [5.41, 5.74) is 1.08. The van der Waals surface area contributed by atoms with Gasteiger partial charge < -0.3 is 10.1 Å². The smallest absolute Gasteiger partial charge is 0.161 e. The average molecular weight is 291 g/mol. The van der Waals surface area contributed by atoms with E-state index < -0.39 is 0 Å². The van der Waals surface area contributed by atoms with Crippen LogP contribution in [0.15, 0.2) is 30.6 Å². The quantitative estimate of drug-likeness (QED) is 0.877. The summed E-state index contributed by atoms with van der Waals surface area (Å²) < 4.78 is 5.59. The Labute approximate surface area is 122 Å². The van der Waals surface area contributed by atoms with E-state index in [1.807, 2.05) is 18.3 Å². The van der Waals surface area contributed by atoms with Gasteiger partial charge in [0.1, 0.15) is 17.1 Å². The Morgan fingerprint density at radius 3 is 3.10 bits per heavy atom. The second kappa shape index (κ2) is 6.15. The summed E-state index contributed by atoms with van der Waals surface area (Å²) in [6.45, 7) is 1.41. The number of nitrogens with one attached hydrogen (secondary N) is 1. The number of pyridine rings is 1. The van der Waals surface area contributed by atoms with Gasteiger partial charge in [-0.1, -0.05) is 17.7 Å². The first-order valence-electron chi connectivity index (χ1n) is 6.60. The van der Waals surface area contributed by atoms with Gasteiger partial charge in [0.05, 0.1) is 0 Å². The topological polar surface area (TPSA) is 59.9 Å². The van der Waals surface area contributed by atoms with Gasteiger partial charge in [-0.05, 0) is 24.5 Å². The number of anilines is 1. The van der Waals surface area contributed by atoms with Crippen LogP contribution in [0.3, 0.4) is 0 Å². The molecule has 1 unspecified atom stereocenters. The predicted octanol–water partition coefficient (Wildman–Crippen LogP) is 2.99. The Bertz CT molecular complexity index is 573. The van der Waals surface area contributed by atoms with E-state index in [4.69, 9.17) is 16.3 Å². The Morgan fingerprint density at radius 1 is 1.40 bits per heavy atom. The molecule has 1 N–H and O–H groups in total. The second-order valence-electron chi connectivity index (χ2n) is 4.65. The number of halogens is 1. The Morgan fingerprint density at radius 2 is 2.35 bits per heavy atom. The Kier molecular flexibility index (Phi) is 4.08. The van der Waals surface area contributed by atoms with Gasteiger partial charge >= 0.3 is 0 Å². The van der Waals surface area contributed by atoms with E-state index in [0.29, 0.717) is 23.3 Å². The minimum atomic E-state index is -0.0346. The van der Waals surface area contributed by atoms with E-state index in [1.165, 1.54) is 0 Å². The third kappa shape index (κ3) is 3.23. The molecule has 1 aliphatic rings. The Balaban J connectivity index is 1.72. The molecule has 1 atom stereocenters. The highest BCUT2D eigenvalue weighted by atomic mass is 35.5. The first-order valence-corrected chi connectivity index (χ1v) is 6.98. The molecule has 2 aromatic rings. The van der Waals surface area contributed by atoms with Gasteiger partial charge in [0.2, 0.25) is 0 Å². The lowest BCUT2D eigenvalue weighted by molar-refractivity contribution is 0.105. The molecule has 0 bridgehead atoms. The summed E-state index contributed by atoms with van der Waals surface area (Å²) in [6.07, 6.45) is 5.52. The lowest BCUT2D eigenvalue weighted by Crippen LogP contribution is -2.08. The molecular formula is C14H15ClN4O. The fourth-order valence-corrected chi connectivity index (χ4v) is 2.34. The van der Waals surface area contributed by atoms with E-state index in [0.717, 1.165) is 25.0 Å². The zero-order valence-electron chi connectivity index (χ0n) is 10.9. The van der Waals surface area contributed by atoms with Crippen LogP contribution < -0.4 is 5.32 Å². The van der Waals surface area contributed by atoms with Crippen molar-refractivity contribution in [2.45, 2.75) is 25.5 Å². The van der Waals surface area contributed by atoms with Gasteiger partial charge in [0.25, 0.3) is 0 Å². The number of hydrogen-bond donors (Lipinski definition) is 1. The average Bonchev–Trinajstić information content (AvgIpc) is 3.00. The van der Waals surface area contributed by atoms with E-state index >= 15 is 0 Å². The first-order chi connectivity index (χ1) is 9.81. The largest absolute Gasteiger partial charge is 0.370 e. The monoisotopic (exact) mass is 290 g/mol. The minimum absolute atomic E-state index is 0.0346. The molecule has 0 amide bonds. The van der Waals surface area contributed by atoms with Crippen molar-refractivity contribution in [2.24, 2.45) is 0 Å². The molecule has 0 aliphatic carbocycles. The molecular weight excluding hydrogens is 276 g/mol. The SMILES string of the molecule is Clc1cc(NCc2cccnc2)nc(C2CCCO2)n1. The summed E-state index contributed by atoms with van der Waals surface area (Å²) in [4.78, 5) is 12.8.